The van der Waals surface area contributed by atoms with Crippen LogP contribution in [0.5, 0.6) is 0 Å². The van der Waals surface area contributed by atoms with E-state index >= 15 is 0 Å². The number of aryl methyl sites for hydroxylation is 1. The molecular weight excluding hydrogens is 208 g/mol. The predicted octanol–water partition coefficient (Wildman–Crippen LogP) is 2.42. The molecule has 0 saturated heterocycles. The molecule has 1 aromatic heterocycles. The zero-order valence-corrected chi connectivity index (χ0v) is 7.63. The smallest absolute Gasteiger partial charge is 0.124 e. The van der Waals surface area contributed by atoms with Crippen LogP contribution in [0, 0.1) is 11.8 Å². The lowest BCUT2D eigenvalue weighted by Gasteiger charge is -2.00. The van der Waals surface area contributed by atoms with Gasteiger partial charge in [-0.05, 0) is 34.5 Å². The summed E-state index contributed by atoms with van der Waals surface area (Å²) in [6, 6.07) is 1.87. The van der Waals surface area contributed by atoms with Crippen LogP contribution < -0.4 is 0 Å². The van der Waals surface area contributed by atoms with Crippen LogP contribution in [-0.4, -0.2) is 4.98 Å². The van der Waals surface area contributed by atoms with Crippen LogP contribution in [0.25, 0.3) is 0 Å². The molecule has 3 nitrogen and oxygen atoms in total. The predicted molar refractivity (Wildman–Crippen MR) is 46.2 cm³/mol. The van der Waals surface area contributed by atoms with Crippen molar-refractivity contribution < 1.29 is 0 Å². The highest BCUT2D eigenvalue weighted by molar-refractivity contribution is 9.10. The van der Waals surface area contributed by atoms with E-state index in [2.05, 4.69) is 26.1 Å². The highest BCUT2D eigenvalue weighted by atomic mass is 79.9. The molecule has 0 N–H and O–H groups in total. The highest BCUT2D eigenvalue weighted by Crippen LogP contribution is 2.19. The summed E-state index contributed by atoms with van der Waals surface area (Å²) in [5.74, 6) is 0. The molecule has 4 heteroatoms. The molecule has 58 valence electrons. The van der Waals surface area contributed by atoms with Gasteiger partial charge in [-0.15, -0.1) is 0 Å². The number of nitrogens with zero attached hydrogens (tertiary/aromatic N) is 2. The third-order valence-electron chi connectivity index (χ3n) is 1.37. The first kappa shape index (κ1) is 8.33. The van der Waals surface area contributed by atoms with Crippen molar-refractivity contribution in [1.82, 2.24) is 4.98 Å². The van der Waals surface area contributed by atoms with Crippen LogP contribution in [0.1, 0.15) is 11.3 Å². The van der Waals surface area contributed by atoms with Crippen molar-refractivity contribution in [2.24, 2.45) is 5.18 Å². The summed E-state index contributed by atoms with van der Waals surface area (Å²) in [5.41, 5.74) is 1.76. The van der Waals surface area contributed by atoms with Gasteiger partial charge in [0.15, 0.2) is 0 Å². The molecule has 0 radical (unpaired) electrons. The molecule has 0 amide bonds. The molecule has 0 aliphatic rings. The third kappa shape index (κ3) is 1.83. The molecule has 0 aromatic carbocycles. The van der Waals surface area contributed by atoms with Crippen LogP contribution in [0.4, 0.5) is 0 Å². The maximum atomic E-state index is 9.93. The second-order valence-corrected chi connectivity index (χ2v) is 2.97. The zero-order valence-electron chi connectivity index (χ0n) is 6.04. The normalized spacial score (nSPS) is 9.64. The van der Waals surface area contributed by atoms with Crippen molar-refractivity contribution in [1.29, 1.82) is 0 Å². The van der Waals surface area contributed by atoms with Crippen molar-refractivity contribution in [2.75, 3.05) is 0 Å². The van der Waals surface area contributed by atoms with Gasteiger partial charge in [0.2, 0.25) is 0 Å². The lowest BCUT2D eigenvalue weighted by molar-refractivity contribution is 0.963. The van der Waals surface area contributed by atoms with Gasteiger partial charge in [-0.2, -0.15) is 4.91 Å². The van der Waals surface area contributed by atoms with Gasteiger partial charge in [-0.25, -0.2) is 0 Å². The largest absolute Gasteiger partial charge is 0.258 e. The van der Waals surface area contributed by atoms with Gasteiger partial charge in [0.05, 0.1) is 5.69 Å². The van der Waals surface area contributed by atoms with Gasteiger partial charge in [-0.1, -0.05) is 5.18 Å². The maximum absolute atomic E-state index is 9.93. The van der Waals surface area contributed by atoms with Gasteiger partial charge in [-0.3, -0.25) is 4.98 Å². The number of halogens is 1. The van der Waals surface area contributed by atoms with Crippen molar-refractivity contribution in [2.45, 2.75) is 13.5 Å². The van der Waals surface area contributed by atoms with E-state index in [1.165, 1.54) is 0 Å². The summed E-state index contributed by atoms with van der Waals surface area (Å²) in [6.07, 6.45) is 1.67. The molecule has 0 aliphatic heterocycles. The van der Waals surface area contributed by atoms with Crippen molar-refractivity contribution >= 4 is 15.9 Å². The monoisotopic (exact) mass is 214 g/mol. The third-order valence-corrected chi connectivity index (χ3v) is 2.45. The molecule has 0 fully saturated rings. The Morgan fingerprint density at radius 2 is 2.45 bits per heavy atom. The number of hydrogen-bond acceptors (Lipinski definition) is 3. The molecule has 0 saturated carbocycles. The first-order valence-corrected chi connectivity index (χ1v) is 3.94. The second-order valence-electron chi connectivity index (χ2n) is 2.18. The molecule has 1 aromatic rings. The van der Waals surface area contributed by atoms with Crippen LogP contribution in [0.2, 0.25) is 0 Å². The fourth-order valence-corrected chi connectivity index (χ4v) is 1.13. The average Bonchev–Trinajstić information content (AvgIpc) is 1.99. The molecule has 0 aliphatic carbocycles. The Balaban J connectivity index is 3.05. The quantitative estimate of drug-likeness (QED) is 0.711. The van der Waals surface area contributed by atoms with Gasteiger partial charge >= 0.3 is 0 Å². The van der Waals surface area contributed by atoms with Crippen LogP contribution in [0.15, 0.2) is 21.9 Å². The maximum Gasteiger partial charge on any atom is 0.124 e. The fourth-order valence-electron chi connectivity index (χ4n) is 0.768. The zero-order chi connectivity index (χ0) is 8.27. The minimum atomic E-state index is 0.127. The van der Waals surface area contributed by atoms with E-state index in [9.17, 15) is 4.91 Å². The summed E-state index contributed by atoms with van der Waals surface area (Å²) >= 11 is 3.32. The molecule has 1 rings (SSSR count). The Kier molecular flexibility index (Phi) is 2.70. The first-order valence-electron chi connectivity index (χ1n) is 3.15. The number of pyridine rings is 1. The minimum absolute atomic E-state index is 0.127. The van der Waals surface area contributed by atoms with Crippen molar-refractivity contribution in [3.8, 4) is 0 Å². The molecule has 11 heavy (non-hydrogen) atoms. The van der Waals surface area contributed by atoms with E-state index in [1.54, 1.807) is 6.20 Å². The van der Waals surface area contributed by atoms with E-state index in [4.69, 9.17) is 0 Å². The molecular formula is C7H7BrN2O. The molecule has 0 unspecified atom stereocenters. The Labute approximate surface area is 72.9 Å². The van der Waals surface area contributed by atoms with E-state index in [0.717, 1.165) is 10.0 Å². The van der Waals surface area contributed by atoms with Gasteiger partial charge in [0, 0.05) is 10.7 Å². The lowest BCUT2D eigenvalue weighted by Crippen LogP contribution is -1.90. The van der Waals surface area contributed by atoms with Crippen LogP contribution >= 0.6 is 15.9 Å². The number of aromatic nitrogens is 1. The van der Waals surface area contributed by atoms with Crippen LogP contribution in [0.3, 0.4) is 0 Å². The molecule has 0 bridgehead atoms. The number of hydrogen-bond donors (Lipinski definition) is 0. The molecule has 0 spiro atoms. The summed E-state index contributed by atoms with van der Waals surface area (Å²) in [5, 5.41) is 2.77. The summed E-state index contributed by atoms with van der Waals surface area (Å²) in [6.45, 7) is 2.07. The van der Waals surface area contributed by atoms with Crippen molar-refractivity contribution in [3.63, 3.8) is 0 Å². The minimum Gasteiger partial charge on any atom is -0.258 e. The second kappa shape index (κ2) is 3.57. The Bertz CT molecular complexity index is 275. The number of nitroso groups, excluding NO2 is 1. The van der Waals surface area contributed by atoms with E-state index < -0.39 is 0 Å². The Morgan fingerprint density at radius 1 is 1.73 bits per heavy atom. The fraction of sp³-hybridized carbons (Fsp3) is 0.286. The topological polar surface area (TPSA) is 42.3 Å². The van der Waals surface area contributed by atoms with Crippen LogP contribution in [-0.2, 0) is 6.54 Å². The van der Waals surface area contributed by atoms with Gasteiger partial charge < -0.3 is 0 Å². The van der Waals surface area contributed by atoms with E-state index in [0.29, 0.717) is 5.69 Å². The highest BCUT2D eigenvalue weighted by Gasteiger charge is 2.02. The van der Waals surface area contributed by atoms with E-state index in [-0.39, 0.29) is 6.54 Å². The van der Waals surface area contributed by atoms with Gasteiger partial charge in [0.25, 0.3) is 0 Å². The lowest BCUT2D eigenvalue weighted by atomic mass is 10.2. The Hall–Kier alpha value is -0.770. The molecule has 1 heterocycles. The summed E-state index contributed by atoms with van der Waals surface area (Å²) in [4.78, 5) is 13.9. The molecule has 0 atom stereocenters. The average molecular weight is 215 g/mol. The van der Waals surface area contributed by atoms with E-state index in [1.807, 2.05) is 13.0 Å². The number of rotatable bonds is 2. The first-order chi connectivity index (χ1) is 5.25. The summed E-state index contributed by atoms with van der Waals surface area (Å²) < 4.78 is 0.875. The SMILES string of the molecule is Cc1ccnc(CN=O)c1Br. The summed E-state index contributed by atoms with van der Waals surface area (Å²) in [7, 11) is 0. The van der Waals surface area contributed by atoms with Gasteiger partial charge in [0.1, 0.15) is 6.54 Å². The standard InChI is InChI=1S/C7H7BrN2O/c1-5-2-3-9-6(4-10-11)7(5)8/h2-3H,4H2,1H3. The van der Waals surface area contributed by atoms with Crippen molar-refractivity contribution in [3.05, 3.63) is 32.9 Å². The Morgan fingerprint density at radius 3 is 3.09 bits per heavy atom.